The molecular formula is C17H20N6. The van der Waals surface area contributed by atoms with Gasteiger partial charge in [-0.25, -0.2) is 9.97 Å². The highest BCUT2D eigenvalue weighted by Gasteiger charge is 2.21. The van der Waals surface area contributed by atoms with E-state index in [4.69, 9.17) is 4.98 Å². The number of nitrogens with zero attached hydrogens (tertiary/aromatic N) is 4. The maximum absolute atomic E-state index is 4.73. The summed E-state index contributed by atoms with van der Waals surface area (Å²) in [4.78, 5) is 13.5. The molecule has 6 nitrogen and oxygen atoms in total. The Morgan fingerprint density at radius 3 is 3.13 bits per heavy atom. The Balaban J connectivity index is 1.63. The van der Waals surface area contributed by atoms with Crippen LogP contribution in [-0.2, 0) is 0 Å². The number of rotatable bonds is 3. The summed E-state index contributed by atoms with van der Waals surface area (Å²) in [5.74, 6) is 0.814. The van der Waals surface area contributed by atoms with Crippen molar-refractivity contribution in [3.8, 4) is 11.4 Å². The van der Waals surface area contributed by atoms with E-state index in [1.54, 1.807) is 12.4 Å². The molecule has 2 unspecified atom stereocenters. The zero-order chi connectivity index (χ0) is 15.6. The molecule has 3 aromatic rings. The summed E-state index contributed by atoms with van der Waals surface area (Å²) in [7, 11) is 0. The average molecular weight is 308 g/mol. The molecule has 1 aliphatic rings. The van der Waals surface area contributed by atoms with Crippen LogP contribution in [0.1, 0.15) is 19.8 Å². The van der Waals surface area contributed by atoms with E-state index in [0.29, 0.717) is 12.1 Å². The van der Waals surface area contributed by atoms with Crippen LogP contribution in [0.3, 0.4) is 0 Å². The van der Waals surface area contributed by atoms with Crippen LogP contribution in [0.2, 0.25) is 0 Å². The predicted octanol–water partition coefficient (Wildman–Crippen LogP) is 2.34. The zero-order valence-corrected chi connectivity index (χ0v) is 13.1. The summed E-state index contributed by atoms with van der Waals surface area (Å²) in [6.07, 6.45) is 9.73. The first kappa shape index (κ1) is 14.1. The zero-order valence-electron chi connectivity index (χ0n) is 13.1. The molecule has 1 fully saturated rings. The van der Waals surface area contributed by atoms with Gasteiger partial charge in [-0.2, -0.15) is 0 Å². The molecule has 0 spiro atoms. The van der Waals surface area contributed by atoms with E-state index in [1.165, 1.54) is 6.42 Å². The molecule has 23 heavy (non-hydrogen) atoms. The normalized spacial score (nSPS) is 21.4. The SMILES string of the molecule is CC1NCCCC1Nc1cncc(-c2cnc3ccccn23)n1. The summed E-state index contributed by atoms with van der Waals surface area (Å²) < 4.78 is 2.03. The van der Waals surface area contributed by atoms with Crippen molar-refractivity contribution in [2.45, 2.75) is 31.8 Å². The van der Waals surface area contributed by atoms with Crippen molar-refractivity contribution >= 4 is 11.5 Å². The molecule has 0 saturated carbocycles. The van der Waals surface area contributed by atoms with Crippen LogP contribution in [0.5, 0.6) is 0 Å². The fraction of sp³-hybridized carbons (Fsp3) is 0.353. The molecule has 1 saturated heterocycles. The summed E-state index contributed by atoms with van der Waals surface area (Å²) in [6.45, 7) is 3.30. The largest absolute Gasteiger partial charge is 0.364 e. The van der Waals surface area contributed by atoms with Gasteiger partial charge in [0.2, 0.25) is 0 Å². The van der Waals surface area contributed by atoms with Gasteiger partial charge >= 0.3 is 0 Å². The second-order valence-corrected chi connectivity index (χ2v) is 6.00. The van der Waals surface area contributed by atoms with Crippen molar-refractivity contribution in [3.05, 3.63) is 43.0 Å². The topological polar surface area (TPSA) is 67.1 Å². The van der Waals surface area contributed by atoms with Crippen LogP contribution in [0.4, 0.5) is 5.82 Å². The Hall–Kier alpha value is -2.47. The highest BCUT2D eigenvalue weighted by molar-refractivity contribution is 5.60. The van der Waals surface area contributed by atoms with E-state index < -0.39 is 0 Å². The van der Waals surface area contributed by atoms with E-state index >= 15 is 0 Å². The van der Waals surface area contributed by atoms with Gasteiger partial charge in [0.15, 0.2) is 0 Å². The maximum atomic E-state index is 4.73. The summed E-state index contributed by atoms with van der Waals surface area (Å²) in [5.41, 5.74) is 2.68. The molecule has 0 bridgehead atoms. The number of aromatic nitrogens is 4. The van der Waals surface area contributed by atoms with Gasteiger partial charge in [0.1, 0.15) is 17.2 Å². The van der Waals surface area contributed by atoms with Gasteiger partial charge in [0, 0.05) is 18.3 Å². The number of nitrogens with one attached hydrogen (secondary N) is 2. The number of hydrogen-bond donors (Lipinski definition) is 2. The van der Waals surface area contributed by atoms with Gasteiger partial charge < -0.3 is 10.6 Å². The number of anilines is 1. The fourth-order valence-corrected chi connectivity index (χ4v) is 3.11. The molecule has 2 atom stereocenters. The molecule has 4 rings (SSSR count). The number of imidazole rings is 1. The lowest BCUT2D eigenvalue weighted by Gasteiger charge is -2.30. The minimum atomic E-state index is 0.385. The van der Waals surface area contributed by atoms with Gasteiger partial charge in [0.05, 0.1) is 24.3 Å². The minimum Gasteiger partial charge on any atom is -0.364 e. The lowest BCUT2D eigenvalue weighted by molar-refractivity contribution is 0.388. The third-order valence-corrected chi connectivity index (χ3v) is 4.41. The fourth-order valence-electron chi connectivity index (χ4n) is 3.11. The quantitative estimate of drug-likeness (QED) is 0.777. The number of hydrogen-bond acceptors (Lipinski definition) is 5. The summed E-state index contributed by atoms with van der Waals surface area (Å²) in [5, 5.41) is 7.01. The second kappa shape index (κ2) is 5.96. The molecule has 2 N–H and O–H groups in total. The van der Waals surface area contributed by atoms with Gasteiger partial charge in [0.25, 0.3) is 0 Å². The van der Waals surface area contributed by atoms with Crippen LogP contribution >= 0.6 is 0 Å². The molecule has 1 aliphatic heterocycles. The molecule has 0 amide bonds. The highest BCUT2D eigenvalue weighted by atomic mass is 15.1. The minimum absolute atomic E-state index is 0.385. The van der Waals surface area contributed by atoms with Crippen molar-refractivity contribution in [3.63, 3.8) is 0 Å². The first-order chi connectivity index (χ1) is 11.3. The third kappa shape index (κ3) is 2.77. The molecule has 0 radical (unpaired) electrons. The smallest absolute Gasteiger partial charge is 0.145 e. The molecule has 118 valence electrons. The van der Waals surface area contributed by atoms with Crippen molar-refractivity contribution in [1.82, 2.24) is 24.7 Å². The van der Waals surface area contributed by atoms with Crippen LogP contribution < -0.4 is 10.6 Å². The van der Waals surface area contributed by atoms with Crippen LogP contribution in [0.25, 0.3) is 17.0 Å². The molecular weight excluding hydrogens is 288 g/mol. The second-order valence-electron chi connectivity index (χ2n) is 6.00. The first-order valence-corrected chi connectivity index (χ1v) is 8.06. The van der Waals surface area contributed by atoms with Crippen molar-refractivity contribution in [2.75, 3.05) is 11.9 Å². The Bertz CT molecular complexity index is 811. The molecule has 0 aliphatic carbocycles. The van der Waals surface area contributed by atoms with E-state index in [9.17, 15) is 0 Å². The third-order valence-electron chi connectivity index (χ3n) is 4.41. The lowest BCUT2D eigenvalue weighted by atomic mass is 10.00. The molecule has 3 aromatic heterocycles. The van der Waals surface area contributed by atoms with E-state index in [1.807, 2.05) is 35.0 Å². The standard InChI is InChI=1S/C17H20N6/c1-12-13(5-4-7-19-12)21-16-11-18-9-14(22-16)15-10-20-17-6-2-3-8-23(15)17/h2-3,6,8-13,19H,4-5,7H2,1H3,(H,21,22). The van der Waals surface area contributed by atoms with Gasteiger partial charge in [-0.15, -0.1) is 0 Å². The number of fused-ring (bicyclic) bond motifs is 1. The van der Waals surface area contributed by atoms with E-state index in [2.05, 4.69) is 27.5 Å². The lowest BCUT2D eigenvalue weighted by Crippen LogP contribution is -2.46. The van der Waals surface area contributed by atoms with Crippen LogP contribution in [0.15, 0.2) is 43.0 Å². The summed E-state index contributed by atoms with van der Waals surface area (Å²) in [6, 6.07) is 6.77. The number of piperidine rings is 1. The van der Waals surface area contributed by atoms with Crippen molar-refractivity contribution < 1.29 is 0 Å². The maximum Gasteiger partial charge on any atom is 0.145 e. The van der Waals surface area contributed by atoms with Gasteiger partial charge in [-0.05, 0) is 38.4 Å². The van der Waals surface area contributed by atoms with Gasteiger partial charge in [-0.1, -0.05) is 6.07 Å². The van der Waals surface area contributed by atoms with E-state index in [-0.39, 0.29) is 0 Å². The molecule has 4 heterocycles. The predicted molar refractivity (Wildman–Crippen MR) is 90.3 cm³/mol. The van der Waals surface area contributed by atoms with Crippen LogP contribution in [0, 0.1) is 0 Å². The average Bonchev–Trinajstić information content (AvgIpc) is 3.01. The summed E-state index contributed by atoms with van der Waals surface area (Å²) >= 11 is 0. The Morgan fingerprint density at radius 1 is 1.26 bits per heavy atom. The molecule has 0 aromatic carbocycles. The molecule has 6 heteroatoms. The Morgan fingerprint density at radius 2 is 2.22 bits per heavy atom. The monoisotopic (exact) mass is 308 g/mol. The first-order valence-electron chi connectivity index (χ1n) is 8.06. The Kier molecular flexibility index (Phi) is 3.67. The van der Waals surface area contributed by atoms with E-state index in [0.717, 1.165) is 35.8 Å². The van der Waals surface area contributed by atoms with Crippen LogP contribution in [-0.4, -0.2) is 38.0 Å². The van der Waals surface area contributed by atoms with Crippen molar-refractivity contribution in [2.24, 2.45) is 0 Å². The van der Waals surface area contributed by atoms with Crippen molar-refractivity contribution in [1.29, 1.82) is 0 Å². The Labute approximate surface area is 135 Å². The number of pyridine rings is 1. The highest BCUT2D eigenvalue weighted by Crippen LogP contribution is 2.20. The van der Waals surface area contributed by atoms with Gasteiger partial charge in [-0.3, -0.25) is 9.38 Å².